The maximum atomic E-state index is 14.0. The SMILES string of the molecule is COc1ccc(-c2c(C(F)(F)F)oc3cc(OCC(=O)Nc4cccc(Cl)c4C)ccc3c2=O)cc1OC. The molecule has 1 N–H and O–H groups in total. The zero-order chi connectivity index (χ0) is 27.6. The van der Waals surface area contributed by atoms with Gasteiger partial charge in [-0.3, -0.25) is 9.59 Å². The Morgan fingerprint density at radius 3 is 2.45 bits per heavy atom. The molecule has 198 valence electrons. The Balaban J connectivity index is 1.68. The van der Waals surface area contributed by atoms with Crippen molar-refractivity contribution < 1.29 is 36.6 Å². The summed E-state index contributed by atoms with van der Waals surface area (Å²) in [5.74, 6) is -1.53. The van der Waals surface area contributed by atoms with E-state index in [0.717, 1.165) is 6.07 Å². The van der Waals surface area contributed by atoms with Crippen LogP contribution in [-0.4, -0.2) is 26.7 Å². The Labute approximate surface area is 219 Å². The number of carbonyl (C=O) groups excluding carboxylic acids is 1. The zero-order valence-corrected chi connectivity index (χ0v) is 21.1. The van der Waals surface area contributed by atoms with Gasteiger partial charge in [-0.05, 0) is 54.4 Å². The van der Waals surface area contributed by atoms with Crippen LogP contribution < -0.4 is 25.0 Å². The predicted molar refractivity (Wildman–Crippen MR) is 136 cm³/mol. The van der Waals surface area contributed by atoms with E-state index in [1.807, 2.05) is 0 Å². The van der Waals surface area contributed by atoms with Crippen LogP contribution in [0.4, 0.5) is 18.9 Å². The third-order valence-electron chi connectivity index (χ3n) is 5.71. The number of carbonyl (C=O) groups is 1. The number of halogens is 4. The van der Waals surface area contributed by atoms with E-state index < -0.39 is 35.4 Å². The molecule has 11 heteroatoms. The fourth-order valence-electron chi connectivity index (χ4n) is 3.79. The summed E-state index contributed by atoms with van der Waals surface area (Å²) < 4.78 is 63.0. The van der Waals surface area contributed by atoms with Gasteiger partial charge in [0.2, 0.25) is 11.2 Å². The van der Waals surface area contributed by atoms with Crippen molar-refractivity contribution in [2.45, 2.75) is 13.1 Å². The predicted octanol–water partition coefficient (Wildman–Crippen LogP) is 6.48. The van der Waals surface area contributed by atoms with E-state index in [-0.39, 0.29) is 33.8 Å². The molecule has 1 aromatic heterocycles. The van der Waals surface area contributed by atoms with Gasteiger partial charge in [-0.25, -0.2) is 0 Å². The van der Waals surface area contributed by atoms with Gasteiger partial charge in [-0.15, -0.1) is 0 Å². The molecule has 0 fully saturated rings. The second kappa shape index (κ2) is 10.7. The van der Waals surface area contributed by atoms with Gasteiger partial charge in [-0.2, -0.15) is 13.2 Å². The van der Waals surface area contributed by atoms with Crippen LogP contribution in [0.1, 0.15) is 11.3 Å². The van der Waals surface area contributed by atoms with Crippen molar-refractivity contribution in [2.24, 2.45) is 0 Å². The monoisotopic (exact) mass is 547 g/mol. The number of anilines is 1. The number of hydrogen-bond acceptors (Lipinski definition) is 6. The Kier molecular flexibility index (Phi) is 7.54. The van der Waals surface area contributed by atoms with Crippen molar-refractivity contribution in [3.8, 4) is 28.4 Å². The number of hydrogen-bond donors (Lipinski definition) is 1. The molecule has 4 rings (SSSR count). The summed E-state index contributed by atoms with van der Waals surface area (Å²) in [6, 6.07) is 12.8. The molecule has 0 aliphatic carbocycles. The minimum Gasteiger partial charge on any atom is -0.493 e. The topological polar surface area (TPSA) is 87.0 Å². The van der Waals surface area contributed by atoms with Crippen LogP contribution in [0.5, 0.6) is 17.2 Å². The summed E-state index contributed by atoms with van der Waals surface area (Å²) in [6.07, 6.45) is -4.98. The number of rotatable bonds is 7. The lowest BCUT2D eigenvalue weighted by Crippen LogP contribution is -2.20. The number of fused-ring (bicyclic) bond motifs is 1. The zero-order valence-electron chi connectivity index (χ0n) is 20.4. The fourth-order valence-corrected chi connectivity index (χ4v) is 3.97. The van der Waals surface area contributed by atoms with Gasteiger partial charge in [0.25, 0.3) is 5.91 Å². The van der Waals surface area contributed by atoms with Gasteiger partial charge >= 0.3 is 6.18 Å². The number of alkyl halides is 3. The van der Waals surface area contributed by atoms with Crippen LogP contribution in [0.3, 0.4) is 0 Å². The summed E-state index contributed by atoms with van der Waals surface area (Å²) in [4.78, 5) is 25.6. The molecule has 0 aliphatic rings. The van der Waals surface area contributed by atoms with Crippen molar-refractivity contribution >= 4 is 34.2 Å². The summed E-state index contributed by atoms with van der Waals surface area (Å²) >= 11 is 6.05. The maximum absolute atomic E-state index is 14.0. The van der Waals surface area contributed by atoms with Crippen LogP contribution in [-0.2, 0) is 11.0 Å². The first-order valence-electron chi connectivity index (χ1n) is 11.1. The molecule has 7 nitrogen and oxygen atoms in total. The van der Waals surface area contributed by atoms with Gasteiger partial charge in [0.05, 0.1) is 25.2 Å². The Bertz CT molecular complexity index is 1580. The molecule has 38 heavy (non-hydrogen) atoms. The first kappa shape index (κ1) is 26.9. The smallest absolute Gasteiger partial charge is 0.450 e. The highest BCUT2D eigenvalue weighted by atomic mass is 35.5. The fraction of sp³-hybridized carbons (Fsp3) is 0.185. The van der Waals surface area contributed by atoms with Crippen LogP contribution in [0, 0.1) is 6.92 Å². The van der Waals surface area contributed by atoms with Crippen LogP contribution in [0.25, 0.3) is 22.1 Å². The van der Waals surface area contributed by atoms with E-state index >= 15 is 0 Å². The van der Waals surface area contributed by atoms with E-state index in [2.05, 4.69) is 5.32 Å². The van der Waals surface area contributed by atoms with E-state index in [1.165, 1.54) is 44.6 Å². The van der Waals surface area contributed by atoms with Gasteiger partial charge in [0, 0.05) is 16.8 Å². The maximum Gasteiger partial charge on any atom is 0.450 e. The normalized spacial score (nSPS) is 11.3. The second-order valence-electron chi connectivity index (χ2n) is 8.11. The molecule has 0 atom stereocenters. The van der Waals surface area contributed by atoms with Crippen LogP contribution in [0.15, 0.2) is 63.8 Å². The molecule has 0 radical (unpaired) electrons. The van der Waals surface area contributed by atoms with E-state index in [9.17, 15) is 22.8 Å². The number of amides is 1. The number of benzene rings is 3. The third-order valence-corrected chi connectivity index (χ3v) is 6.11. The number of nitrogens with one attached hydrogen (secondary N) is 1. The molecule has 0 saturated carbocycles. The summed E-state index contributed by atoms with van der Waals surface area (Å²) in [7, 11) is 2.71. The molecule has 0 aliphatic heterocycles. The van der Waals surface area contributed by atoms with E-state index in [1.54, 1.807) is 25.1 Å². The van der Waals surface area contributed by atoms with Crippen LogP contribution >= 0.6 is 11.6 Å². The molecule has 0 spiro atoms. The Hall–Kier alpha value is -4.18. The lowest BCUT2D eigenvalue weighted by Gasteiger charge is -2.15. The average molecular weight is 548 g/mol. The lowest BCUT2D eigenvalue weighted by atomic mass is 10.0. The third kappa shape index (κ3) is 5.40. The molecule has 3 aromatic carbocycles. The van der Waals surface area contributed by atoms with Gasteiger partial charge in [0.15, 0.2) is 18.1 Å². The quantitative estimate of drug-likeness (QED) is 0.285. The summed E-state index contributed by atoms with van der Waals surface area (Å²) in [5.41, 5.74) is -0.815. The largest absolute Gasteiger partial charge is 0.493 e. The van der Waals surface area contributed by atoms with E-state index in [4.69, 9.17) is 30.2 Å². The van der Waals surface area contributed by atoms with Crippen molar-refractivity contribution in [3.05, 3.63) is 81.2 Å². The molecule has 4 aromatic rings. The minimum atomic E-state index is -4.98. The molecule has 0 bridgehead atoms. The molecule has 1 amide bonds. The highest BCUT2D eigenvalue weighted by molar-refractivity contribution is 6.31. The molecule has 0 unspecified atom stereocenters. The van der Waals surface area contributed by atoms with Crippen LogP contribution in [0.2, 0.25) is 5.02 Å². The first-order chi connectivity index (χ1) is 18.0. The average Bonchev–Trinajstić information content (AvgIpc) is 2.89. The molecular formula is C27H21ClF3NO6. The lowest BCUT2D eigenvalue weighted by molar-refractivity contribution is -0.152. The van der Waals surface area contributed by atoms with Crippen molar-refractivity contribution in [1.82, 2.24) is 0 Å². The number of ether oxygens (including phenoxy) is 3. The van der Waals surface area contributed by atoms with Gasteiger partial charge in [0.1, 0.15) is 11.3 Å². The summed E-state index contributed by atoms with van der Waals surface area (Å²) in [5, 5.41) is 3.02. The van der Waals surface area contributed by atoms with E-state index in [0.29, 0.717) is 16.3 Å². The molecular weight excluding hydrogens is 527 g/mol. The van der Waals surface area contributed by atoms with Gasteiger partial charge < -0.3 is 23.9 Å². The highest BCUT2D eigenvalue weighted by Gasteiger charge is 2.39. The Morgan fingerprint density at radius 2 is 1.76 bits per heavy atom. The standard InChI is InChI=1S/C27H21ClF3NO6/c1-14-18(28)5-4-6-19(14)32-23(33)13-37-16-8-9-17-21(12-16)38-26(27(29,30)31)24(25(17)34)15-7-10-20(35-2)22(11-15)36-3/h4-12H,13H2,1-3H3,(H,32,33). The molecule has 0 saturated heterocycles. The van der Waals surface area contributed by atoms with Crippen molar-refractivity contribution in [3.63, 3.8) is 0 Å². The first-order valence-corrected chi connectivity index (χ1v) is 11.5. The summed E-state index contributed by atoms with van der Waals surface area (Å²) in [6.45, 7) is 1.29. The van der Waals surface area contributed by atoms with Crippen molar-refractivity contribution in [1.29, 1.82) is 0 Å². The van der Waals surface area contributed by atoms with Crippen molar-refractivity contribution in [2.75, 3.05) is 26.1 Å². The second-order valence-corrected chi connectivity index (χ2v) is 8.52. The highest BCUT2D eigenvalue weighted by Crippen LogP contribution is 2.40. The van der Waals surface area contributed by atoms with Gasteiger partial charge in [-0.1, -0.05) is 23.7 Å². The number of methoxy groups -OCH3 is 2. The Morgan fingerprint density at radius 1 is 1.03 bits per heavy atom. The minimum absolute atomic E-state index is 0.0330. The molecule has 1 heterocycles.